The maximum absolute atomic E-state index is 13.7. The quantitative estimate of drug-likeness (QED) is 0.295. The number of amides is 5. The molecule has 10 nitrogen and oxygen atoms in total. The zero-order valence-electron chi connectivity index (χ0n) is 26.8. The topological polar surface area (TPSA) is 146 Å². The van der Waals surface area contributed by atoms with Crippen LogP contribution in [0.2, 0.25) is 0 Å². The van der Waals surface area contributed by atoms with Crippen LogP contribution in [-0.2, 0) is 30.4 Å². The molecule has 0 radical (unpaired) electrons. The van der Waals surface area contributed by atoms with Gasteiger partial charge in [0.25, 0.3) is 0 Å². The summed E-state index contributed by atoms with van der Waals surface area (Å²) in [6.45, 7) is 15.0. The van der Waals surface area contributed by atoms with Crippen LogP contribution in [0.15, 0.2) is 24.3 Å². The molecule has 0 spiro atoms. The van der Waals surface area contributed by atoms with E-state index in [2.05, 4.69) is 26.6 Å². The van der Waals surface area contributed by atoms with Gasteiger partial charge in [0.1, 0.15) is 36.0 Å². The molecule has 0 unspecified atom stereocenters. The molecule has 0 saturated carbocycles. The first-order chi connectivity index (χ1) is 20.1. The zero-order chi connectivity index (χ0) is 32.4. The Kier molecular flexibility index (Phi) is 13.6. The average molecular weight is 604 g/mol. The molecular weight excluding hydrogens is 553 g/mol. The molecule has 43 heavy (non-hydrogen) atoms. The van der Waals surface area contributed by atoms with E-state index in [1.165, 1.54) is 24.3 Å². The molecule has 1 fully saturated rings. The lowest BCUT2D eigenvalue weighted by Gasteiger charge is -2.28. The molecule has 1 aromatic carbocycles. The number of halogens is 1. The lowest BCUT2D eigenvalue weighted by Crippen LogP contribution is -2.59. The Hall–Kier alpha value is -3.50. The molecule has 1 heterocycles. The van der Waals surface area contributed by atoms with Crippen molar-refractivity contribution in [2.75, 3.05) is 0 Å². The maximum atomic E-state index is 13.7. The molecule has 1 saturated heterocycles. The highest BCUT2D eigenvalue weighted by atomic mass is 19.1. The van der Waals surface area contributed by atoms with Gasteiger partial charge in [-0.1, -0.05) is 67.5 Å². The number of nitrogens with one attached hydrogen (secondary N) is 5. The number of rotatable bonds is 9. The Balaban J connectivity index is 2.60. The van der Waals surface area contributed by atoms with Gasteiger partial charge < -0.3 is 26.6 Å². The van der Waals surface area contributed by atoms with E-state index < -0.39 is 65.6 Å². The van der Waals surface area contributed by atoms with Crippen molar-refractivity contribution in [3.8, 4) is 0 Å². The fourth-order valence-electron chi connectivity index (χ4n) is 5.04. The van der Waals surface area contributed by atoms with Gasteiger partial charge in [0.05, 0.1) is 0 Å². The summed E-state index contributed by atoms with van der Waals surface area (Å²) in [5.74, 6) is -3.44. The van der Waals surface area contributed by atoms with Crippen molar-refractivity contribution in [2.24, 2.45) is 23.7 Å². The van der Waals surface area contributed by atoms with Gasteiger partial charge in [-0.25, -0.2) is 4.39 Å². The summed E-state index contributed by atoms with van der Waals surface area (Å²) < 4.78 is 13.6. The molecule has 240 valence electrons. The van der Waals surface area contributed by atoms with Crippen molar-refractivity contribution in [1.29, 1.82) is 0 Å². The van der Waals surface area contributed by atoms with E-state index in [0.29, 0.717) is 12.0 Å². The Morgan fingerprint density at radius 3 is 1.28 bits per heavy atom. The van der Waals surface area contributed by atoms with Gasteiger partial charge in [-0.15, -0.1) is 0 Å². The second-order valence-corrected chi connectivity index (χ2v) is 13.2. The van der Waals surface area contributed by atoms with E-state index in [0.717, 1.165) is 0 Å². The van der Waals surface area contributed by atoms with Crippen molar-refractivity contribution in [1.82, 2.24) is 26.6 Å². The second kappa shape index (κ2) is 16.4. The van der Waals surface area contributed by atoms with Gasteiger partial charge >= 0.3 is 0 Å². The lowest BCUT2D eigenvalue weighted by atomic mass is 9.98. The minimum atomic E-state index is -1.12. The molecular formula is C32H50FN5O5. The summed E-state index contributed by atoms with van der Waals surface area (Å²) in [7, 11) is 0. The molecule has 5 N–H and O–H groups in total. The van der Waals surface area contributed by atoms with Crippen LogP contribution in [0.25, 0.3) is 0 Å². The molecule has 1 aromatic rings. The molecule has 5 atom stereocenters. The molecule has 1 aliphatic rings. The predicted octanol–water partition coefficient (Wildman–Crippen LogP) is 2.60. The van der Waals surface area contributed by atoms with Crippen LogP contribution in [0.5, 0.6) is 0 Å². The fraction of sp³-hybridized carbons (Fsp3) is 0.656. The van der Waals surface area contributed by atoms with Crippen LogP contribution in [-0.4, -0.2) is 59.7 Å². The Morgan fingerprint density at radius 1 is 0.535 bits per heavy atom. The first-order valence-corrected chi connectivity index (χ1v) is 15.3. The van der Waals surface area contributed by atoms with E-state index >= 15 is 0 Å². The highest BCUT2D eigenvalue weighted by molar-refractivity contribution is 5.98. The van der Waals surface area contributed by atoms with Crippen LogP contribution < -0.4 is 26.6 Å². The minimum absolute atomic E-state index is 0.0160. The number of hydrogen-bond acceptors (Lipinski definition) is 5. The summed E-state index contributed by atoms with van der Waals surface area (Å²) in [5, 5.41) is 14.0. The fourth-order valence-corrected chi connectivity index (χ4v) is 5.04. The Bertz CT molecular complexity index is 1120. The van der Waals surface area contributed by atoms with E-state index in [4.69, 9.17) is 0 Å². The van der Waals surface area contributed by atoms with Crippen molar-refractivity contribution in [3.05, 3.63) is 35.6 Å². The molecule has 0 bridgehead atoms. The van der Waals surface area contributed by atoms with Crippen LogP contribution in [0.1, 0.15) is 80.2 Å². The molecule has 1 aliphatic heterocycles. The third kappa shape index (κ3) is 11.6. The third-order valence-electron chi connectivity index (χ3n) is 7.25. The molecule has 2 rings (SSSR count). The van der Waals surface area contributed by atoms with Crippen LogP contribution >= 0.6 is 0 Å². The smallest absolute Gasteiger partial charge is 0.243 e. The highest BCUT2D eigenvalue weighted by Crippen LogP contribution is 2.14. The van der Waals surface area contributed by atoms with Gasteiger partial charge in [-0.2, -0.15) is 0 Å². The Labute approximate surface area is 255 Å². The summed E-state index contributed by atoms with van der Waals surface area (Å²) in [4.78, 5) is 67.9. The zero-order valence-corrected chi connectivity index (χ0v) is 26.8. The second-order valence-electron chi connectivity index (χ2n) is 13.2. The monoisotopic (exact) mass is 603 g/mol. The van der Waals surface area contributed by atoms with Crippen molar-refractivity contribution >= 4 is 29.5 Å². The Morgan fingerprint density at radius 2 is 0.884 bits per heavy atom. The third-order valence-corrected chi connectivity index (χ3v) is 7.25. The standard InChI is InChI=1S/C32H50FN5O5/c1-17(2)13-23-28(39)35-25(15-19(5)6)31(42)38-27(20(7)8)32(43)37-24(14-18(3)4)29(40)36-26(30(41)34-23)16-21-9-11-22(33)12-10-21/h9-12,17-20,23-27H,13-16H2,1-8H3,(H,34,41)(H,35,39)(H,36,40)(H,37,43)(H,38,42)/t23-,24-,25-,26-,27-/m0/s1. The van der Waals surface area contributed by atoms with Crippen molar-refractivity contribution < 1.29 is 28.4 Å². The van der Waals surface area contributed by atoms with Crippen LogP contribution in [0.3, 0.4) is 0 Å². The summed E-state index contributed by atoms with van der Waals surface area (Å²) >= 11 is 0. The minimum Gasteiger partial charge on any atom is -0.343 e. The van der Waals surface area contributed by atoms with E-state index in [1.807, 2.05) is 41.5 Å². The number of carbonyl (C=O) groups excluding carboxylic acids is 5. The molecule has 5 amide bonds. The van der Waals surface area contributed by atoms with Crippen LogP contribution in [0, 0.1) is 29.5 Å². The highest BCUT2D eigenvalue weighted by Gasteiger charge is 2.36. The SMILES string of the molecule is CC(C)C[C@@H]1NC(=O)[C@H](Cc2ccc(F)cc2)NC(=O)[C@H](CC(C)C)NC(=O)[C@H](C(C)C)NC(=O)[C@H](CC(C)C)NC1=O. The summed E-state index contributed by atoms with van der Waals surface area (Å²) in [5.41, 5.74) is 0.598. The summed E-state index contributed by atoms with van der Waals surface area (Å²) in [6, 6.07) is 0.578. The number of hydrogen-bond donors (Lipinski definition) is 5. The van der Waals surface area contributed by atoms with E-state index in [-0.39, 0.29) is 42.9 Å². The van der Waals surface area contributed by atoms with Crippen molar-refractivity contribution in [3.63, 3.8) is 0 Å². The number of carbonyl (C=O) groups is 5. The van der Waals surface area contributed by atoms with Crippen LogP contribution in [0.4, 0.5) is 4.39 Å². The number of benzene rings is 1. The average Bonchev–Trinajstić information content (AvgIpc) is 2.89. The van der Waals surface area contributed by atoms with E-state index in [1.54, 1.807) is 13.8 Å². The summed E-state index contributed by atoms with van der Waals surface area (Å²) in [6.07, 6.45) is 0.916. The molecule has 0 aliphatic carbocycles. The normalized spacial score (nSPS) is 24.7. The first kappa shape index (κ1) is 35.7. The lowest BCUT2D eigenvalue weighted by molar-refractivity contribution is -0.135. The largest absolute Gasteiger partial charge is 0.343 e. The predicted molar refractivity (Wildman–Crippen MR) is 163 cm³/mol. The molecule has 11 heteroatoms. The van der Waals surface area contributed by atoms with Gasteiger partial charge in [0.2, 0.25) is 29.5 Å². The van der Waals surface area contributed by atoms with Crippen molar-refractivity contribution in [2.45, 2.75) is 111 Å². The van der Waals surface area contributed by atoms with E-state index in [9.17, 15) is 28.4 Å². The van der Waals surface area contributed by atoms with Gasteiger partial charge in [0.15, 0.2) is 0 Å². The maximum Gasteiger partial charge on any atom is 0.243 e. The van der Waals surface area contributed by atoms with Gasteiger partial charge in [0, 0.05) is 6.42 Å². The first-order valence-electron chi connectivity index (χ1n) is 15.3. The van der Waals surface area contributed by atoms with Gasteiger partial charge in [-0.3, -0.25) is 24.0 Å². The molecule has 0 aromatic heterocycles. The van der Waals surface area contributed by atoms with Gasteiger partial charge in [-0.05, 0) is 60.6 Å².